The van der Waals surface area contributed by atoms with Crippen molar-refractivity contribution in [3.8, 4) is 0 Å². The molecule has 0 unspecified atom stereocenters. The van der Waals surface area contributed by atoms with E-state index in [-0.39, 0.29) is 0 Å². The van der Waals surface area contributed by atoms with Crippen LogP contribution in [0.25, 0.3) is 17.0 Å². The zero-order valence-corrected chi connectivity index (χ0v) is 7.18. The standard InChI is InChI=1S/C9H7N3O2/c13-12(14)5-4-7-2-1-3-8-6-10-11-9(7)8/h1-6H,(H,10,11)/b5-4+. The molecule has 0 spiro atoms. The summed E-state index contributed by atoms with van der Waals surface area (Å²) in [6, 6.07) is 5.51. The van der Waals surface area contributed by atoms with Crippen molar-refractivity contribution in [1.29, 1.82) is 0 Å². The lowest BCUT2D eigenvalue weighted by Crippen LogP contribution is -1.83. The average molecular weight is 189 g/mol. The maximum absolute atomic E-state index is 10.1. The van der Waals surface area contributed by atoms with Gasteiger partial charge in [-0.1, -0.05) is 18.2 Å². The minimum absolute atomic E-state index is 0.491. The zero-order valence-electron chi connectivity index (χ0n) is 7.18. The molecule has 0 atom stereocenters. The number of nitro groups is 1. The van der Waals surface area contributed by atoms with Gasteiger partial charge in [0.15, 0.2) is 0 Å². The van der Waals surface area contributed by atoms with Crippen molar-refractivity contribution < 1.29 is 4.92 Å². The largest absolute Gasteiger partial charge is 0.277 e. The third-order valence-electron chi connectivity index (χ3n) is 1.88. The van der Waals surface area contributed by atoms with Crippen LogP contribution in [0.5, 0.6) is 0 Å². The van der Waals surface area contributed by atoms with Gasteiger partial charge in [0.2, 0.25) is 6.20 Å². The Bertz CT molecular complexity index is 501. The minimum Gasteiger partial charge on any atom is -0.277 e. The molecule has 0 aliphatic carbocycles. The van der Waals surface area contributed by atoms with Gasteiger partial charge in [-0.25, -0.2) is 0 Å². The van der Waals surface area contributed by atoms with Crippen LogP contribution in [0.3, 0.4) is 0 Å². The maximum Gasteiger partial charge on any atom is 0.235 e. The van der Waals surface area contributed by atoms with Crippen LogP contribution in [0, 0.1) is 10.1 Å². The highest BCUT2D eigenvalue weighted by atomic mass is 16.6. The number of fused-ring (bicyclic) bond motifs is 1. The first-order valence-electron chi connectivity index (χ1n) is 4.01. The molecule has 0 amide bonds. The molecule has 0 aliphatic heterocycles. The fraction of sp³-hybridized carbons (Fsp3) is 0. The smallest absolute Gasteiger partial charge is 0.235 e. The van der Waals surface area contributed by atoms with Crippen molar-refractivity contribution in [1.82, 2.24) is 10.2 Å². The van der Waals surface area contributed by atoms with Crippen molar-refractivity contribution in [2.75, 3.05) is 0 Å². The second-order valence-electron chi connectivity index (χ2n) is 2.78. The van der Waals surface area contributed by atoms with E-state index in [9.17, 15) is 10.1 Å². The highest BCUT2D eigenvalue weighted by molar-refractivity contribution is 5.86. The quantitative estimate of drug-likeness (QED) is 0.578. The molecule has 2 rings (SSSR count). The molecule has 70 valence electrons. The van der Waals surface area contributed by atoms with Crippen LogP contribution in [0.1, 0.15) is 5.56 Å². The fourth-order valence-electron chi connectivity index (χ4n) is 1.27. The summed E-state index contributed by atoms with van der Waals surface area (Å²) < 4.78 is 0. The summed E-state index contributed by atoms with van der Waals surface area (Å²) in [5.41, 5.74) is 1.57. The Morgan fingerprint density at radius 2 is 2.36 bits per heavy atom. The predicted octanol–water partition coefficient (Wildman–Crippen LogP) is 1.81. The monoisotopic (exact) mass is 189 g/mol. The summed E-state index contributed by atoms with van der Waals surface area (Å²) in [4.78, 5) is 9.65. The summed E-state index contributed by atoms with van der Waals surface area (Å²) in [5, 5.41) is 17.7. The topological polar surface area (TPSA) is 71.8 Å². The molecule has 0 bridgehead atoms. The summed E-state index contributed by atoms with van der Waals surface area (Å²) in [6.07, 6.45) is 4.04. The van der Waals surface area contributed by atoms with Gasteiger partial charge in [-0.05, 0) is 0 Å². The third-order valence-corrected chi connectivity index (χ3v) is 1.88. The second kappa shape index (κ2) is 3.29. The first-order valence-corrected chi connectivity index (χ1v) is 4.01. The van der Waals surface area contributed by atoms with Crippen LogP contribution in [0.4, 0.5) is 0 Å². The van der Waals surface area contributed by atoms with Crippen LogP contribution >= 0.6 is 0 Å². The van der Waals surface area contributed by atoms with Crippen LogP contribution in [-0.4, -0.2) is 15.1 Å². The number of benzene rings is 1. The number of aromatic nitrogens is 2. The van der Waals surface area contributed by atoms with Gasteiger partial charge in [0, 0.05) is 17.0 Å². The normalized spacial score (nSPS) is 11.1. The number of para-hydroxylation sites is 1. The number of rotatable bonds is 2. The fourth-order valence-corrected chi connectivity index (χ4v) is 1.27. The molecule has 5 heteroatoms. The Hall–Kier alpha value is -2.17. The van der Waals surface area contributed by atoms with E-state index in [0.717, 1.165) is 22.7 Å². The van der Waals surface area contributed by atoms with Gasteiger partial charge in [-0.2, -0.15) is 5.10 Å². The molecule has 1 N–H and O–H groups in total. The van der Waals surface area contributed by atoms with E-state index in [4.69, 9.17) is 0 Å². The van der Waals surface area contributed by atoms with E-state index < -0.39 is 4.92 Å². The molecular formula is C9H7N3O2. The number of nitrogens with one attached hydrogen (secondary N) is 1. The van der Waals surface area contributed by atoms with E-state index in [2.05, 4.69) is 10.2 Å². The van der Waals surface area contributed by atoms with Crippen molar-refractivity contribution in [3.05, 3.63) is 46.3 Å². The average Bonchev–Trinajstić information content (AvgIpc) is 2.62. The Kier molecular flexibility index (Phi) is 1.98. The third kappa shape index (κ3) is 1.47. The molecule has 2 aromatic rings. The Balaban J connectivity index is 2.51. The first-order chi connectivity index (χ1) is 6.77. The molecule has 0 aliphatic rings. The van der Waals surface area contributed by atoms with Crippen LogP contribution in [0.2, 0.25) is 0 Å². The molecule has 1 aromatic carbocycles. The first kappa shape index (κ1) is 8.43. The lowest BCUT2D eigenvalue weighted by atomic mass is 10.1. The highest BCUT2D eigenvalue weighted by Gasteiger charge is 1.99. The van der Waals surface area contributed by atoms with Gasteiger partial charge >= 0.3 is 0 Å². The van der Waals surface area contributed by atoms with E-state index in [0.29, 0.717) is 0 Å². The van der Waals surface area contributed by atoms with Crippen LogP contribution in [0.15, 0.2) is 30.6 Å². The number of nitrogens with zero attached hydrogens (tertiary/aromatic N) is 2. The summed E-state index contributed by atoms with van der Waals surface area (Å²) >= 11 is 0. The second-order valence-corrected chi connectivity index (χ2v) is 2.78. The van der Waals surface area contributed by atoms with E-state index in [1.165, 1.54) is 6.08 Å². The lowest BCUT2D eigenvalue weighted by molar-refractivity contribution is -0.400. The van der Waals surface area contributed by atoms with Gasteiger partial charge in [0.1, 0.15) is 0 Å². The van der Waals surface area contributed by atoms with E-state index in [1.54, 1.807) is 12.3 Å². The van der Waals surface area contributed by atoms with Gasteiger partial charge < -0.3 is 0 Å². The predicted molar refractivity (Wildman–Crippen MR) is 52.1 cm³/mol. The molecule has 1 heterocycles. The SMILES string of the molecule is O=[N+]([O-])/C=C/c1cccc2cn[nH]c12. The van der Waals surface area contributed by atoms with Gasteiger partial charge in [-0.3, -0.25) is 15.2 Å². The molecule has 5 nitrogen and oxygen atoms in total. The number of aromatic amines is 1. The minimum atomic E-state index is -0.491. The Morgan fingerprint density at radius 3 is 3.14 bits per heavy atom. The van der Waals surface area contributed by atoms with Crippen molar-refractivity contribution in [2.45, 2.75) is 0 Å². The Morgan fingerprint density at radius 1 is 1.50 bits per heavy atom. The zero-order chi connectivity index (χ0) is 9.97. The maximum atomic E-state index is 10.1. The molecule has 0 fully saturated rings. The molecule has 14 heavy (non-hydrogen) atoms. The van der Waals surface area contributed by atoms with E-state index >= 15 is 0 Å². The van der Waals surface area contributed by atoms with Crippen molar-refractivity contribution in [2.24, 2.45) is 0 Å². The summed E-state index contributed by atoms with van der Waals surface area (Å²) in [7, 11) is 0. The number of H-pyrrole nitrogens is 1. The van der Waals surface area contributed by atoms with Crippen molar-refractivity contribution >= 4 is 17.0 Å². The lowest BCUT2D eigenvalue weighted by Gasteiger charge is -1.92. The molecular weight excluding hydrogens is 182 g/mol. The van der Waals surface area contributed by atoms with Crippen LogP contribution in [-0.2, 0) is 0 Å². The molecule has 1 aromatic heterocycles. The number of hydrogen-bond acceptors (Lipinski definition) is 3. The molecule has 0 saturated carbocycles. The summed E-state index contributed by atoms with van der Waals surface area (Å²) in [6.45, 7) is 0. The van der Waals surface area contributed by atoms with Crippen LogP contribution < -0.4 is 0 Å². The molecule has 0 saturated heterocycles. The van der Waals surface area contributed by atoms with Gasteiger partial charge in [0.05, 0.1) is 16.6 Å². The summed E-state index contributed by atoms with van der Waals surface area (Å²) in [5.74, 6) is 0. The van der Waals surface area contributed by atoms with E-state index in [1.807, 2.05) is 12.1 Å². The van der Waals surface area contributed by atoms with Gasteiger partial charge in [-0.15, -0.1) is 0 Å². The number of hydrogen-bond donors (Lipinski definition) is 1. The molecule has 0 radical (unpaired) electrons. The van der Waals surface area contributed by atoms with Gasteiger partial charge in [0.25, 0.3) is 0 Å². The van der Waals surface area contributed by atoms with Crippen molar-refractivity contribution in [3.63, 3.8) is 0 Å². The highest BCUT2D eigenvalue weighted by Crippen LogP contribution is 2.16. The Labute approximate surface area is 79.2 Å².